The first-order valence-electron chi connectivity index (χ1n) is 9.80. The lowest BCUT2D eigenvalue weighted by Crippen LogP contribution is -2.49. The van der Waals surface area contributed by atoms with E-state index in [0.29, 0.717) is 12.1 Å². The number of aromatic nitrogens is 1. The third-order valence-corrected chi connectivity index (χ3v) is 5.39. The second kappa shape index (κ2) is 9.21. The van der Waals surface area contributed by atoms with E-state index in [1.54, 1.807) is 19.0 Å². The molecule has 152 valence electrons. The molecular weight excluding hydrogens is 356 g/mol. The van der Waals surface area contributed by atoms with Crippen molar-refractivity contribution in [3.63, 3.8) is 0 Å². The van der Waals surface area contributed by atoms with Crippen LogP contribution in [0, 0.1) is 0 Å². The van der Waals surface area contributed by atoms with Crippen LogP contribution in [0.2, 0.25) is 0 Å². The molecule has 0 N–H and O–H groups in total. The Bertz CT molecular complexity index is 822. The Balaban J connectivity index is 1.51. The van der Waals surface area contributed by atoms with E-state index >= 15 is 0 Å². The number of ether oxygens (including phenoxy) is 1. The van der Waals surface area contributed by atoms with Gasteiger partial charge in [0, 0.05) is 63.9 Å². The Morgan fingerprint density at radius 2 is 1.71 bits per heavy atom. The van der Waals surface area contributed by atoms with Crippen LogP contribution in [0.15, 0.2) is 30.5 Å². The van der Waals surface area contributed by atoms with Crippen LogP contribution in [-0.2, 0) is 16.1 Å². The third-order valence-electron chi connectivity index (χ3n) is 5.39. The Kier molecular flexibility index (Phi) is 6.70. The van der Waals surface area contributed by atoms with E-state index in [1.165, 1.54) is 7.11 Å². The lowest BCUT2D eigenvalue weighted by atomic mass is 10.2. The first-order chi connectivity index (χ1) is 13.5. The molecule has 1 aromatic carbocycles. The van der Waals surface area contributed by atoms with Gasteiger partial charge in [-0.15, -0.1) is 0 Å². The van der Waals surface area contributed by atoms with Crippen molar-refractivity contribution in [1.82, 2.24) is 19.3 Å². The number of benzene rings is 1. The second-order valence-electron chi connectivity index (χ2n) is 7.50. The van der Waals surface area contributed by atoms with Gasteiger partial charge in [0.15, 0.2) is 0 Å². The molecule has 2 heterocycles. The molecule has 2 aromatic rings. The molecule has 0 radical (unpaired) electrons. The topological polar surface area (TPSA) is 58.0 Å². The normalized spacial score (nSPS) is 15.7. The average Bonchev–Trinajstić information content (AvgIpc) is 3.07. The standard InChI is InChI=1S/C21H30N4O3/c1-22(2)20(26)16-24-13-11-23(12-14-24)9-6-10-25-15-18(21(27)28-3)17-7-4-5-8-19(17)25/h4-5,7-8,15H,6,9-14,16H2,1-3H3. The summed E-state index contributed by atoms with van der Waals surface area (Å²) in [5.74, 6) is -0.132. The summed E-state index contributed by atoms with van der Waals surface area (Å²) in [6.07, 6.45) is 2.91. The van der Waals surface area contributed by atoms with Gasteiger partial charge in [-0.1, -0.05) is 18.2 Å². The van der Waals surface area contributed by atoms with Crippen LogP contribution < -0.4 is 0 Å². The minimum Gasteiger partial charge on any atom is -0.465 e. The van der Waals surface area contributed by atoms with Gasteiger partial charge in [-0.3, -0.25) is 9.69 Å². The molecule has 28 heavy (non-hydrogen) atoms. The summed E-state index contributed by atoms with van der Waals surface area (Å²) >= 11 is 0. The maximum atomic E-state index is 12.0. The van der Waals surface area contributed by atoms with E-state index in [9.17, 15) is 9.59 Å². The van der Waals surface area contributed by atoms with E-state index in [-0.39, 0.29) is 11.9 Å². The van der Waals surface area contributed by atoms with Crippen molar-refractivity contribution < 1.29 is 14.3 Å². The Morgan fingerprint density at radius 3 is 2.39 bits per heavy atom. The number of nitrogens with zero attached hydrogens (tertiary/aromatic N) is 4. The number of aryl methyl sites for hydroxylation is 1. The number of rotatable bonds is 7. The number of esters is 1. The van der Waals surface area contributed by atoms with Crippen LogP contribution in [0.1, 0.15) is 16.8 Å². The number of fused-ring (bicyclic) bond motifs is 1. The van der Waals surface area contributed by atoms with Crippen LogP contribution >= 0.6 is 0 Å². The molecule has 7 heteroatoms. The van der Waals surface area contributed by atoms with E-state index in [1.807, 2.05) is 30.5 Å². The van der Waals surface area contributed by atoms with Crippen LogP contribution in [0.4, 0.5) is 0 Å². The van der Waals surface area contributed by atoms with Crippen molar-refractivity contribution in [3.05, 3.63) is 36.0 Å². The highest BCUT2D eigenvalue weighted by molar-refractivity contribution is 6.04. The number of likely N-dealkylation sites (N-methyl/N-ethyl adjacent to an activating group) is 1. The molecule has 1 fully saturated rings. The van der Waals surface area contributed by atoms with Gasteiger partial charge >= 0.3 is 5.97 Å². The number of carbonyl (C=O) groups is 2. The largest absolute Gasteiger partial charge is 0.465 e. The Labute approximate surface area is 166 Å². The fourth-order valence-corrected chi connectivity index (χ4v) is 3.67. The minimum absolute atomic E-state index is 0.161. The van der Waals surface area contributed by atoms with Gasteiger partial charge in [0.05, 0.1) is 19.2 Å². The smallest absolute Gasteiger partial charge is 0.340 e. The highest BCUT2D eigenvalue weighted by atomic mass is 16.5. The fraction of sp³-hybridized carbons (Fsp3) is 0.524. The Morgan fingerprint density at radius 1 is 1.04 bits per heavy atom. The maximum absolute atomic E-state index is 12.0. The Hall–Kier alpha value is -2.38. The summed E-state index contributed by atoms with van der Waals surface area (Å²) in [6, 6.07) is 7.95. The molecule has 1 saturated heterocycles. The molecule has 1 aromatic heterocycles. The molecule has 1 amide bonds. The predicted octanol–water partition coefficient (Wildman–Crippen LogP) is 1.52. The van der Waals surface area contributed by atoms with Crippen LogP contribution in [0.5, 0.6) is 0 Å². The highest BCUT2D eigenvalue weighted by Crippen LogP contribution is 2.22. The van der Waals surface area contributed by atoms with Gasteiger partial charge in [0.2, 0.25) is 5.91 Å². The summed E-state index contributed by atoms with van der Waals surface area (Å²) in [4.78, 5) is 30.2. The molecule has 0 bridgehead atoms. The molecule has 1 aliphatic rings. The SMILES string of the molecule is COC(=O)c1cn(CCCN2CCN(CC(=O)N(C)C)CC2)c2ccccc12. The molecule has 0 aliphatic carbocycles. The fourth-order valence-electron chi connectivity index (χ4n) is 3.67. The number of piperazine rings is 1. The molecule has 1 aliphatic heterocycles. The van der Waals surface area contributed by atoms with Gasteiger partial charge < -0.3 is 19.1 Å². The van der Waals surface area contributed by atoms with Gasteiger partial charge in [-0.05, 0) is 19.0 Å². The van der Waals surface area contributed by atoms with Crippen molar-refractivity contribution in [2.45, 2.75) is 13.0 Å². The van der Waals surface area contributed by atoms with E-state index < -0.39 is 0 Å². The van der Waals surface area contributed by atoms with Gasteiger partial charge in [-0.25, -0.2) is 4.79 Å². The number of para-hydroxylation sites is 1. The summed E-state index contributed by atoms with van der Waals surface area (Å²) in [5, 5.41) is 0.938. The lowest BCUT2D eigenvalue weighted by molar-refractivity contribution is -0.130. The maximum Gasteiger partial charge on any atom is 0.340 e. The van der Waals surface area contributed by atoms with E-state index in [4.69, 9.17) is 4.74 Å². The van der Waals surface area contributed by atoms with Crippen LogP contribution in [0.25, 0.3) is 10.9 Å². The van der Waals surface area contributed by atoms with Gasteiger partial charge in [-0.2, -0.15) is 0 Å². The number of amides is 1. The molecule has 7 nitrogen and oxygen atoms in total. The second-order valence-corrected chi connectivity index (χ2v) is 7.50. The first kappa shape index (κ1) is 20.4. The first-order valence-corrected chi connectivity index (χ1v) is 9.80. The zero-order valence-corrected chi connectivity index (χ0v) is 17.1. The van der Waals surface area contributed by atoms with Crippen LogP contribution in [-0.4, -0.2) is 91.6 Å². The minimum atomic E-state index is -0.293. The molecule has 0 saturated carbocycles. The monoisotopic (exact) mass is 386 g/mol. The van der Waals surface area contributed by atoms with E-state index in [0.717, 1.165) is 56.6 Å². The molecule has 0 unspecified atom stereocenters. The van der Waals surface area contributed by atoms with Gasteiger partial charge in [0.1, 0.15) is 0 Å². The lowest BCUT2D eigenvalue weighted by Gasteiger charge is -2.34. The predicted molar refractivity (Wildman–Crippen MR) is 109 cm³/mol. The van der Waals surface area contributed by atoms with Crippen LogP contribution in [0.3, 0.4) is 0 Å². The molecule has 0 atom stereocenters. The molecular formula is C21H30N4O3. The number of hydrogen-bond donors (Lipinski definition) is 0. The van der Waals surface area contributed by atoms with Crippen molar-refractivity contribution >= 4 is 22.8 Å². The number of methoxy groups -OCH3 is 1. The third kappa shape index (κ3) is 4.72. The van der Waals surface area contributed by atoms with Gasteiger partial charge in [0.25, 0.3) is 0 Å². The molecule has 0 spiro atoms. The summed E-state index contributed by atoms with van der Waals surface area (Å²) in [5.41, 5.74) is 1.69. The quantitative estimate of drug-likeness (QED) is 0.676. The highest BCUT2D eigenvalue weighted by Gasteiger charge is 2.20. The van der Waals surface area contributed by atoms with Crippen molar-refractivity contribution in [2.75, 3.05) is 60.5 Å². The van der Waals surface area contributed by atoms with E-state index in [2.05, 4.69) is 14.4 Å². The van der Waals surface area contributed by atoms with Crippen molar-refractivity contribution in [2.24, 2.45) is 0 Å². The molecule has 3 rings (SSSR count). The number of carbonyl (C=O) groups excluding carboxylic acids is 2. The summed E-state index contributed by atoms with van der Waals surface area (Å²) < 4.78 is 7.06. The summed E-state index contributed by atoms with van der Waals surface area (Å²) in [7, 11) is 5.02. The van der Waals surface area contributed by atoms with Crippen molar-refractivity contribution in [1.29, 1.82) is 0 Å². The average molecular weight is 386 g/mol. The summed E-state index contributed by atoms with van der Waals surface area (Å²) in [6.45, 7) is 6.21. The van der Waals surface area contributed by atoms with Crippen molar-refractivity contribution in [3.8, 4) is 0 Å². The zero-order chi connectivity index (χ0) is 20.1. The zero-order valence-electron chi connectivity index (χ0n) is 17.1. The number of hydrogen-bond acceptors (Lipinski definition) is 5.